The molecule has 3 nitrogen and oxygen atoms in total. The molecule has 0 fully saturated rings. The molecular formula is C13H8ClN3. The van der Waals surface area contributed by atoms with Crippen molar-refractivity contribution >= 4 is 22.5 Å². The van der Waals surface area contributed by atoms with Crippen molar-refractivity contribution in [1.82, 2.24) is 15.0 Å². The van der Waals surface area contributed by atoms with Crippen LogP contribution in [0.2, 0.25) is 5.15 Å². The highest BCUT2D eigenvalue weighted by atomic mass is 35.5. The Morgan fingerprint density at radius 3 is 2.59 bits per heavy atom. The van der Waals surface area contributed by atoms with Gasteiger partial charge in [-0.2, -0.15) is 0 Å². The van der Waals surface area contributed by atoms with Crippen LogP contribution >= 0.6 is 11.6 Å². The van der Waals surface area contributed by atoms with Gasteiger partial charge in [0.05, 0.1) is 5.52 Å². The third-order valence-corrected chi connectivity index (χ3v) is 2.72. The minimum Gasteiger partial charge on any atom is -0.256 e. The Balaban J connectivity index is 2.30. The molecule has 17 heavy (non-hydrogen) atoms. The fraction of sp³-hybridized carbons (Fsp3) is 0. The first kappa shape index (κ1) is 10.2. The van der Waals surface area contributed by atoms with Crippen LogP contribution in [-0.2, 0) is 0 Å². The Hall–Kier alpha value is -2.00. The molecule has 4 heteroatoms. The third kappa shape index (κ3) is 1.85. The molecular weight excluding hydrogens is 234 g/mol. The van der Waals surface area contributed by atoms with Gasteiger partial charge in [-0.1, -0.05) is 29.8 Å². The highest BCUT2D eigenvalue weighted by molar-refractivity contribution is 6.29. The molecule has 0 spiro atoms. The number of benzene rings is 1. The second-order valence-electron chi connectivity index (χ2n) is 3.58. The van der Waals surface area contributed by atoms with Gasteiger partial charge in [0.1, 0.15) is 5.15 Å². The summed E-state index contributed by atoms with van der Waals surface area (Å²) in [5, 5.41) is 1.47. The van der Waals surface area contributed by atoms with Gasteiger partial charge < -0.3 is 0 Å². The summed E-state index contributed by atoms with van der Waals surface area (Å²) < 4.78 is 0. The molecule has 1 aromatic carbocycles. The van der Waals surface area contributed by atoms with Crippen LogP contribution in [0.15, 0.2) is 48.8 Å². The predicted molar refractivity (Wildman–Crippen MR) is 67.8 cm³/mol. The van der Waals surface area contributed by atoms with Gasteiger partial charge in [-0.3, -0.25) is 4.98 Å². The number of pyridine rings is 1. The predicted octanol–water partition coefficient (Wildman–Crippen LogP) is 3.35. The summed E-state index contributed by atoms with van der Waals surface area (Å²) in [4.78, 5) is 12.8. The third-order valence-electron chi connectivity index (χ3n) is 2.51. The van der Waals surface area contributed by atoms with Crippen molar-refractivity contribution < 1.29 is 0 Å². The fourth-order valence-electron chi connectivity index (χ4n) is 1.76. The van der Waals surface area contributed by atoms with E-state index in [0.717, 1.165) is 16.5 Å². The summed E-state index contributed by atoms with van der Waals surface area (Å²) in [5.74, 6) is 0.621. The minimum atomic E-state index is 0.441. The van der Waals surface area contributed by atoms with Gasteiger partial charge in [0.15, 0.2) is 5.82 Å². The maximum absolute atomic E-state index is 5.88. The number of nitrogens with zero attached hydrogens (tertiary/aromatic N) is 3. The molecule has 82 valence electrons. The molecule has 0 unspecified atom stereocenters. The normalized spacial score (nSPS) is 10.6. The minimum absolute atomic E-state index is 0.441. The quantitative estimate of drug-likeness (QED) is 0.614. The van der Waals surface area contributed by atoms with Crippen LogP contribution < -0.4 is 0 Å². The van der Waals surface area contributed by atoms with Gasteiger partial charge in [0.2, 0.25) is 0 Å². The van der Waals surface area contributed by atoms with E-state index in [1.165, 1.54) is 0 Å². The van der Waals surface area contributed by atoms with E-state index in [4.69, 9.17) is 11.6 Å². The maximum Gasteiger partial charge on any atom is 0.161 e. The van der Waals surface area contributed by atoms with Crippen LogP contribution in [0.4, 0.5) is 0 Å². The van der Waals surface area contributed by atoms with Crippen LogP contribution in [0.3, 0.4) is 0 Å². The van der Waals surface area contributed by atoms with Crippen molar-refractivity contribution in [2.24, 2.45) is 0 Å². The van der Waals surface area contributed by atoms with Gasteiger partial charge in [0.25, 0.3) is 0 Å². The van der Waals surface area contributed by atoms with Gasteiger partial charge in [-0.05, 0) is 18.2 Å². The van der Waals surface area contributed by atoms with Gasteiger partial charge in [-0.25, -0.2) is 9.97 Å². The lowest BCUT2D eigenvalue weighted by Crippen LogP contribution is -1.90. The van der Waals surface area contributed by atoms with E-state index in [1.54, 1.807) is 18.5 Å². The van der Waals surface area contributed by atoms with E-state index < -0.39 is 0 Å². The topological polar surface area (TPSA) is 38.7 Å². The van der Waals surface area contributed by atoms with Crippen LogP contribution in [0, 0.1) is 0 Å². The molecule has 0 radical (unpaired) electrons. The Morgan fingerprint density at radius 1 is 0.882 bits per heavy atom. The first-order valence-corrected chi connectivity index (χ1v) is 5.55. The summed E-state index contributed by atoms with van der Waals surface area (Å²) in [5.41, 5.74) is 1.87. The number of aromatic nitrogens is 3. The average molecular weight is 242 g/mol. The summed E-state index contributed by atoms with van der Waals surface area (Å²) in [7, 11) is 0. The van der Waals surface area contributed by atoms with Crippen molar-refractivity contribution in [3.8, 4) is 11.4 Å². The molecule has 2 heterocycles. The lowest BCUT2D eigenvalue weighted by Gasteiger charge is -2.04. The van der Waals surface area contributed by atoms with Crippen molar-refractivity contribution in [2.45, 2.75) is 0 Å². The fourth-order valence-corrected chi connectivity index (χ4v) is 1.89. The lowest BCUT2D eigenvalue weighted by molar-refractivity contribution is 1.18. The molecule has 0 saturated carbocycles. The Labute approximate surface area is 103 Å². The van der Waals surface area contributed by atoms with E-state index in [9.17, 15) is 0 Å². The Kier molecular flexibility index (Phi) is 2.46. The monoisotopic (exact) mass is 241 g/mol. The number of hydrogen-bond acceptors (Lipinski definition) is 3. The number of halogens is 1. The van der Waals surface area contributed by atoms with Crippen LogP contribution in [0.1, 0.15) is 0 Å². The molecule has 3 rings (SSSR count). The van der Waals surface area contributed by atoms with Crippen molar-refractivity contribution in [1.29, 1.82) is 0 Å². The molecule has 0 aliphatic heterocycles. The molecule has 0 amide bonds. The molecule has 0 aliphatic carbocycles. The summed E-state index contributed by atoms with van der Waals surface area (Å²) in [6.07, 6.45) is 3.40. The van der Waals surface area contributed by atoms with E-state index in [0.29, 0.717) is 11.0 Å². The van der Waals surface area contributed by atoms with Crippen LogP contribution in [-0.4, -0.2) is 15.0 Å². The van der Waals surface area contributed by atoms with E-state index >= 15 is 0 Å². The highest BCUT2D eigenvalue weighted by Gasteiger charge is 2.06. The van der Waals surface area contributed by atoms with Crippen LogP contribution in [0.25, 0.3) is 22.3 Å². The van der Waals surface area contributed by atoms with Crippen molar-refractivity contribution in [3.63, 3.8) is 0 Å². The number of para-hydroxylation sites is 1. The summed E-state index contributed by atoms with van der Waals surface area (Å²) >= 11 is 5.88. The number of hydrogen-bond donors (Lipinski definition) is 0. The molecule has 3 aromatic rings. The second-order valence-corrected chi connectivity index (χ2v) is 3.97. The SMILES string of the molecule is Clc1ccnc(-c2ccnc3ccccc23)n1. The van der Waals surface area contributed by atoms with Gasteiger partial charge in [0, 0.05) is 23.3 Å². The summed E-state index contributed by atoms with van der Waals surface area (Å²) in [6.45, 7) is 0. The zero-order valence-corrected chi connectivity index (χ0v) is 9.59. The average Bonchev–Trinajstić information content (AvgIpc) is 2.38. The summed E-state index contributed by atoms with van der Waals surface area (Å²) in [6, 6.07) is 11.4. The Bertz CT molecular complexity index is 677. The first-order valence-electron chi connectivity index (χ1n) is 5.17. The molecule has 0 saturated heterocycles. The van der Waals surface area contributed by atoms with Crippen molar-refractivity contribution in [2.75, 3.05) is 0 Å². The number of fused-ring (bicyclic) bond motifs is 1. The molecule has 0 atom stereocenters. The first-order chi connectivity index (χ1) is 8.34. The highest BCUT2D eigenvalue weighted by Crippen LogP contribution is 2.24. The molecule has 2 aromatic heterocycles. The van der Waals surface area contributed by atoms with E-state index in [1.807, 2.05) is 30.3 Å². The smallest absolute Gasteiger partial charge is 0.161 e. The van der Waals surface area contributed by atoms with E-state index in [-0.39, 0.29) is 0 Å². The molecule has 0 aliphatic rings. The molecule has 0 N–H and O–H groups in total. The van der Waals surface area contributed by atoms with Gasteiger partial charge in [-0.15, -0.1) is 0 Å². The number of rotatable bonds is 1. The zero-order chi connectivity index (χ0) is 11.7. The lowest BCUT2D eigenvalue weighted by atomic mass is 10.1. The maximum atomic E-state index is 5.88. The second kappa shape index (κ2) is 4.11. The Morgan fingerprint density at radius 2 is 1.71 bits per heavy atom. The molecule has 0 bridgehead atoms. The largest absolute Gasteiger partial charge is 0.256 e. The van der Waals surface area contributed by atoms with E-state index in [2.05, 4.69) is 15.0 Å². The standard InChI is InChI=1S/C13H8ClN3/c14-12-6-8-16-13(17-12)10-5-7-15-11-4-2-1-3-9(10)11/h1-8H. The van der Waals surface area contributed by atoms with Crippen molar-refractivity contribution in [3.05, 3.63) is 53.9 Å². The van der Waals surface area contributed by atoms with Crippen LogP contribution in [0.5, 0.6) is 0 Å². The zero-order valence-electron chi connectivity index (χ0n) is 8.84. The van der Waals surface area contributed by atoms with Gasteiger partial charge >= 0.3 is 0 Å².